The van der Waals surface area contributed by atoms with E-state index in [0.29, 0.717) is 24.5 Å². The Morgan fingerprint density at radius 1 is 1.07 bits per heavy atom. The van der Waals surface area contributed by atoms with Crippen LogP contribution >= 0.6 is 0 Å². The van der Waals surface area contributed by atoms with Crippen LogP contribution in [-0.4, -0.2) is 43.6 Å². The fraction of sp³-hybridized carbons (Fsp3) is 0.227. The highest BCUT2D eigenvalue weighted by atomic mass is 16.5. The van der Waals surface area contributed by atoms with Crippen LogP contribution in [0.25, 0.3) is 0 Å². The first-order valence-electron chi connectivity index (χ1n) is 9.33. The van der Waals surface area contributed by atoms with E-state index in [1.165, 1.54) is 6.33 Å². The zero-order chi connectivity index (χ0) is 20.6. The summed E-state index contributed by atoms with van der Waals surface area (Å²) in [5.74, 6) is 1.14. The summed E-state index contributed by atoms with van der Waals surface area (Å²) in [6.07, 6.45) is 2.05. The molecule has 29 heavy (non-hydrogen) atoms. The van der Waals surface area contributed by atoms with Crippen LogP contribution in [0.3, 0.4) is 0 Å². The molecule has 2 N–H and O–H groups in total. The highest BCUT2D eigenvalue weighted by Crippen LogP contribution is 2.19. The smallest absolute Gasteiger partial charge is 0.270 e. The quantitative estimate of drug-likeness (QED) is 0.614. The molecule has 1 aromatic heterocycles. The van der Waals surface area contributed by atoms with E-state index in [-0.39, 0.29) is 5.91 Å². The maximum atomic E-state index is 12.4. The van der Waals surface area contributed by atoms with Crippen molar-refractivity contribution < 1.29 is 9.53 Å². The Morgan fingerprint density at radius 3 is 2.55 bits per heavy atom. The van der Waals surface area contributed by atoms with Crippen molar-refractivity contribution >= 4 is 23.1 Å². The molecule has 0 aliphatic rings. The number of benzene rings is 2. The molecular formula is C22H25N5O2. The Labute approximate surface area is 170 Å². The maximum Gasteiger partial charge on any atom is 0.270 e. The Hall–Kier alpha value is -3.61. The fourth-order valence-corrected chi connectivity index (χ4v) is 2.85. The number of carbonyl (C=O) groups excluding carboxylic acids is 1. The van der Waals surface area contributed by atoms with Crippen molar-refractivity contribution in [3.63, 3.8) is 0 Å². The van der Waals surface area contributed by atoms with Gasteiger partial charge in [0.25, 0.3) is 5.91 Å². The van der Waals surface area contributed by atoms with Crippen LogP contribution in [0, 0.1) is 0 Å². The zero-order valence-corrected chi connectivity index (χ0v) is 16.8. The van der Waals surface area contributed by atoms with Crippen molar-refractivity contribution in [2.24, 2.45) is 0 Å². The SMILES string of the molecule is COc1ccccc1CCNC(=O)c1cc(Nc2ccc(N(C)C)cc2)ncn1. The lowest BCUT2D eigenvalue weighted by atomic mass is 10.1. The fourth-order valence-electron chi connectivity index (χ4n) is 2.85. The molecule has 0 spiro atoms. The van der Waals surface area contributed by atoms with Crippen LogP contribution in [0.1, 0.15) is 16.1 Å². The van der Waals surface area contributed by atoms with E-state index >= 15 is 0 Å². The van der Waals surface area contributed by atoms with E-state index in [0.717, 1.165) is 22.7 Å². The minimum Gasteiger partial charge on any atom is -0.496 e. The normalized spacial score (nSPS) is 10.3. The molecule has 0 aliphatic carbocycles. The van der Waals surface area contributed by atoms with Crippen LogP contribution in [0.5, 0.6) is 5.75 Å². The lowest BCUT2D eigenvalue weighted by Crippen LogP contribution is -2.26. The molecule has 1 amide bonds. The lowest BCUT2D eigenvalue weighted by Gasteiger charge is -2.13. The molecule has 0 radical (unpaired) electrons. The molecule has 7 nitrogen and oxygen atoms in total. The summed E-state index contributed by atoms with van der Waals surface area (Å²) >= 11 is 0. The van der Waals surface area contributed by atoms with Crippen molar-refractivity contribution in [2.45, 2.75) is 6.42 Å². The summed E-state index contributed by atoms with van der Waals surface area (Å²) < 4.78 is 5.34. The minimum absolute atomic E-state index is 0.242. The van der Waals surface area contributed by atoms with Crippen molar-refractivity contribution in [1.29, 1.82) is 0 Å². The Bertz CT molecular complexity index is 957. The third kappa shape index (κ3) is 5.44. The monoisotopic (exact) mass is 391 g/mol. The third-order valence-corrected chi connectivity index (χ3v) is 4.43. The van der Waals surface area contributed by atoms with Crippen LogP contribution in [0.4, 0.5) is 17.2 Å². The first-order chi connectivity index (χ1) is 14.1. The third-order valence-electron chi connectivity index (χ3n) is 4.43. The van der Waals surface area contributed by atoms with Crippen LogP contribution in [0.2, 0.25) is 0 Å². The molecular weight excluding hydrogens is 366 g/mol. The van der Waals surface area contributed by atoms with Gasteiger partial charge in [-0.3, -0.25) is 4.79 Å². The number of nitrogens with one attached hydrogen (secondary N) is 2. The predicted molar refractivity (Wildman–Crippen MR) is 115 cm³/mol. The second kappa shape index (κ2) is 9.54. The van der Waals surface area contributed by atoms with Crippen molar-refractivity contribution in [3.05, 3.63) is 72.2 Å². The Balaban J connectivity index is 1.59. The summed E-state index contributed by atoms with van der Waals surface area (Å²) in [7, 11) is 5.62. The lowest BCUT2D eigenvalue weighted by molar-refractivity contribution is 0.0949. The molecule has 3 rings (SSSR count). The van der Waals surface area contributed by atoms with Crippen molar-refractivity contribution in [1.82, 2.24) is 15.3 Å². The first-order valence-corrected chi connectivity index (χ1v) is 9.33. The Kier molecular flexibility index (Phi) is 6.63. The minimum atomic E-state index is -0.242. The summed E-state index contributed by atoms with van der Waals surface area (Å²) in [5.41, 5.74) is 3.35. The van der Waals surface area contributed by atoms with E-state index < -0.39 is 0 Å². The number of ether oxygens (including phenoxy) is 1. The number of para-hydroxylation sites is 1. The van der Waals surface area contributed by atoms with Crippen LogP contribution in [0.15, 0.2) is 60.9 Å². The van der Waals surface area contributed by atoms with Gasteiger partial charge in [-0.2, -0.15) is 0 Å². The predicted octanol–water partition coefficient (Wildman–Crippen LogP) is 3.27. The van der Waals surface area contributed by atoms with Gasteiger partial charge in [0.2, 0.25) is 0 Å². The van der Waals surface area contributed by atoms with Gasteiger partial charge in [0.1, 0.15) is 23.6 Å². The number of hydrogen-bond acceptors (Lipinski definition) is 6. The highest BCUT2D eigenvalue weighted by Gasteiger charge is 2.09. The highest BCUT2D eigenvalue weighted by molar-refractivity contribution is 5.93. The topological polar surface area (TPSA) is 79.4 Å². The van der Waals surface area contributed by atoms with Gasteiger partial charge in [0.15, 0.2) is 0 Å². The number of carbonyl (C=O) groups is 1. The maximum absolute atomic E-state index is 12.4. The standard InChI is InChI=1S/C22H25N5O2/c1-27(2)18-10-8-17(9-11-18)26-21-14-19(24-15-25-21)22(28)23-13-12-16-6-4-5-7-20(16)29-3/h4-11,14-15H,12-13H2,1-3H3,(H,23,28)(H,24,25,26). The average Bonchev–Trinajstić information content (AvgIpc) is 2.74. The molecule has 1 heterocycles. The summed E-state index contributed by atoms with van der Waals surface area (Å²) in [6, 6.07) is 17.3. The van der Waals surface area contributed by atoms with Crippen LogP contribution < -0.4 is 20.3 Å². The molecule has 0 fully saturated rings. The van der Waals surface area contributed by atoms with Gasteiger partial charge >= 0.3 is 0 Å². The van der Waals surface area contributed by atoms with Gasteiger partial charge < -0.3 is 20.3 Å². The van der Waals surface area contributed by atoms with Crippen molar-refractivity contribution in [2.75, 3.05) is 38.0 Å². The van der Waals surface area contributed by atoms with E-state index in [9.17, 15) is 4.79 Å². The van der Waals surface area contributed by atoms with Gasteiger partial charge in [-0.1, -0.05) is 18.2 Å². The molecule has 7 heteroatoms. The van der Waals surface area contributed by atoms with Gasteiger partial charge in [-0.05, 0) is 42.3 Å². The molecule has 0 atom stereocenters. The second-order valence-corrected chi connectivity index (χ2v) is 6.67. The molecule has 2 aromatic carbocycles. The van der Waals surface area contributed by atoms with Crippen molar-refractivity contribution in [3.8, 4) is 5.75 Å². The second-order valence-electron chi connectivity index (χ2n) is 6.67. The summed E-state index contributed by atoms with van der Waals surface area (Å²) in [5, 5.41) is 6.09. The van der Waals surface area contributed by atoms with E-state index in [2.05, 4.69) is 20.6 Å². The number of amides is 1. The van der Waals surface area contributed by atoms with Crippen LogP contribution in [-0.2, 0) is 6.42 Å². The molecule has 0 aliphatic heterocycles. The number of methoxy groups -OCH3 is 1. The molecule has 0 saturated heterocycles. The zero-order valence-electron chi connectivity index (χ0n) is 16.8. The van der Waals surface area contributed by atoms with Gasteiger partial charge in [0, 0.05) is 38.1 Å². The largest absolute Gasteiger partial charge is 0.496 e. The van der Waals surface area contributed by atoms with E-state index in [1.54, 1.807) is 13.2 Å². The number of nitrogens with zero attached hydrogens (tertiary/aromatic N) is 3. The first kappa shape index (κ1) is 20.1. The Morgan fingerprint density at radius 2 is 1.83 bits per heavy atom. The number of anilines is 3. The summed E-state index contributed by atoms with van der Waals surface area (Å²) in [4.78, 5) is 22.8. The molecule has 0 unspecified atom stereocenters. The van der Waals surface area contributed by atoms with E-state index in [4.69, 9.17) is 4.74 Å². The molecule has 150 valence electrons. The summed E-state index contributed by atoms with van der Waals surface area (Å²) in [6.45, 7) is 0.484. The van der Waals surface area contributed by atoms with Gasteiger partial charge in [-0.15, -0.1) is 0 Å². The molecule has 0 bridgehead atoms. The van der Waals surface area contributed by atoms with Gasteiger partial charge in [-0.25, -0.2) is 9.97 Å². The van der Waals surface area contributed by atoms with Gasteiger partial charge in [0.05, 0.1) is 7.11 Å². The molecule has 3 aromatic rings. The number of aromatic nitrogens is 2. The molecule has 0 saturated carbocycles. The average molecular weight is 391 g/mol. The number of hydrogen-bond donors (Lipinski definition) is 2. The van der Waals surface area contributed by atoms with E-state index in [1.807, 2.05) is 67.5 Å². The number of rotatable bonds is 8.